The van der Waals surface area contributed by atoms with E-state index >= 15 is 0 Å². The average molecular weight is 392 g/mol. The lowest BCUT2D eigenvalue weighted by Crippen LogP contribution is -2.20. The first-order chi connectivity index (χ1) is 14.4. The quantitative estimate of drug-likeness (QED) is 0.723. The molecule has 3 aromatic rings. The molecule has 4 rings (SSSR count). The summed E-state index contributed by atoms with van der Waals surface area (Å²) in [6, 6.07) is 7.76. The van der Waals surface area contributed by atoms with Crippen LogP contribution in [0.3, 0.4) is 0 Å². The van der Waals surface area contributed by atoms with E-state index in [4.69, 9.17) is 8.85 Å². The molecule has 0 aliphatic heterocycles. The number of hydrogen-bond donors (Lipinski definition) is 1. The van der Waals surface area contributed by atoms with Crippen LogP contribution in [0.2, 0.25) is 0 Å². The molecule has 8 heteroatoms. The fourth-order valence-electron chi connectivity index (χ4n) is 3.36. The van der Waals surface area contributed by atoms with Crippen LogP contribution in [0.4, 0.5) is 13.2 Å². The minimum Gasteiger partial charge on any atom is -0.457 e. The van der Waals surface area contributed by atoms with Crippen LogP contribution >= 0.6 is 0 Å². The molecule has 0 bridgehead atoms. The molecule has 1 aliphatic rings. The minimum absolute atomic E-state index is 0.226. The van der Waals surface area contributed by atoms with Crippen LogP contribution in [-0.2, 0) is 18.0 Å². The van der Waals surface area contributed by atoms with E-state index in [0.717, 1.165) is 23.1 Å². The standard InChI is InChI=1S/C20H18F3N3O2/c1-24-19(27)17-9-15(17)16-8-14(7-11-10-26(2)25-18(11)16)28-13-5-3-12(4-6-13)20(21,22)23/h3-8,10,15,17H,9H2,1-2H3,(H,24,27)/t15?,17-/m0/s1/i1D3. The van der Waals surface area contributed by atoms with E-state index in [2.05, 4.69) is 5.10 Å². The SMILES string of the molecule is [2H]C([2H])([2H])NC(=O)[C@H]1CC1c1cc(Oc2ccc(C(F)(F)F)cc2)cc2cn(C)nc12. The summed E-state index contributed by atoms with van der Waals surface area (Å²) in [6.07, 6.45) is -2.20. The van der Waals surface area contributed by atoms with Gasteiger partial charge in [-0.05, 0) is 54.3 Å². The van der Waals surface area contributed by atoms with Crippen LogP contribution in [-0.4, -0.2) is 22.7 Å². The summed E-state index contributed by atoms with van der Waals surface area (Å²) in [6.45, 7) is -2.56. The topological polar surface area (TPSA) is 56.1 Å². The molecule has 1 N–H and O–H groups in total. The molecule has 1 fully saturated rings. The number of benzene rings is 2. The lowest BCUT2D eigenvalue weighted by atomic mass is 10.0. The van der Waals surface area contributed by atoms with Gasteiger partial charge in [-0.2, -0.15) is 18.3 Å². The number of carbonyl (C=O) groups excluding carboxylic acids is 1. The first-order valence-corrected chi connectivity index (χ1v) is 8.55. The Hall–Kier alpha value is -3.03. The van der Waals surface area contributed by atoms with Gasteiger partial charge in [0.05, 0.1) is 11.1 Å². The molecule has 1 aromatic heterocycles. The van der Waals surface area contributed by atoms with Crippen molar-refractivity contribution in [3.8, 4) is 11.5 Å². The van der Waals surface area contributed by atoms with Gasteiger partial charge in [-0.3, -0.25) is 9.48 Å². The van der Waals surface area contributed by atoms with Gasteiger partial charge in [-0.1, -0.05) is 0 Å². The lowest BCUT2D eigenvalue weighted by Gasteiger charge is -2.11. The maximum absolute atomic E-state index is 12.8. The van der Waals surface area contributed by atoms with Gasteiger partial charge < -0.3 is 10.1 Å². The summed E-state index contributed by atoms with van der Waals surface area (Å²) >= 11 is 0. The summed E-state index contributed by atoms with van der Waals surface area (Å²) in [5, 5.41) is 7.18. The Kier molecular flexibility index (Phi) is 3.49. The number of nitrogens with one attached hydrogen (secondary N) is 1. The Morgan fingerprint density at radius 1 is 1.29 bits per heavy atom. The molecule has 1 unspecified atom stereocenters. The van der Waals surface area contributed by atoms with Crippen molar-refractivity contribution < 1.29 is 26.8 Å². The molecular formula is C20H18F3N3O2. The third-order valence-corrected chi connectivity index (χ3v) is 4.79. The van der Waals surface area contributed by atoms with Gasteiger partial charge in [-0.15, -0.1) is 0 Å². The smallest absolute Gasteiger partial charge is 0.416 e. The number of aryl methyl sites for hydroxylation is 1. The molecule has 5 nitrogen and oxygen atoms in total. The van der Waals surface area contributed by atoms with E-state index in [0.29, 0.717) is 17.7 Å². The molecule has 2 atom stereocenters. The highest BCUT2D eigenvalue weighted by atomic mass is 19.4. The molecule has 2 aromatic carbocycles. The number of nitrogens with zero attached hydrogens (tertiary/aromatic N) is 2. The van der Waals surface area contributed by atoms with Gasteiger partial charge in [0.1, 0.15) is 11.5 Å². The monoisotopic (exact) mass is 392 g/mol. The van der Waals surface area contributed by atoms with Gasteiger partial charge in [0.15, 0.2) is 0 Å². The molecule has 28 heavy (non-hydrogen) atoms. The predicted molar refractivity (Wildman–Crippen MR) is 97.1 cm³/mol. The second-order valence-electron chi connectivity index (χ2n) is 6.82. The van der Waals surface area contributed by atoms with Gasteiger partial charge in [-0.25, -0.2) is 0 Å². The van der Waals surface area contributed by atoms with Crippen molar-refractivity contribution in [2.75, 3.05) is 6.98 Å². The number of halogens is 3. The average Bonchev–Trinajstić information content (AvgIpc) is 3.34. The first kappa shape index (κ1) is 15.0. The Labute approximate surface area is 163 Å². The number of carbonyl (C=O) groups is 1. The van der Waals surface area contributed by atoms with E-state index in [1.165, 1.54) is 12.1 Å². The molecule has 146 valence electrons. The Balaban J connectivity index is 1.61. The summed E-state index contributed by atoms with van der Waals surface area (Å²) in [4.78, 5) is 12.2. The summed E-state index contributed by atoms with van der Waals surface area (Å²) in [5.41, 5.74) is 0.617. The zero-order valence-corrected chi connectivity index (χ0v) is 14.7. The fraction of sp³-hybridized carbons (Fsp3) is 0.300. The van der Waals surface area contributed by atoms with Crippen LogP contribution in [0.25, 0.3) is 10.9 Å². The zero-order valence-electron chi connectivity index (χ0n) is 17.7. The zero-order chi connectivity index (χ0) is 22.6. The number of amides is 1. The molecule has 1 aliphatic carbocycles. The van der Waals surface area contributed by atoms with Crippen molar-refractivity contribution in [1.82, 2.24) is 15.1 Å². The molecular weight excluding hydrogens is 371 g/mol. The van der Waals surface area contributed by atoms with Crippen molar-refractivity contribution in [2.24, 2.45) is 13.0 Å². The van der Waals surface area contributed by atoms with E-state index in [1.54, 1.807) is 30.1 Å². The molecule has 1 saturated carbocycles. The van der Waals surface area contributed by atoms with Crippen molar-refractivity contribution in [2.45, 2.75) is 18.5 Å². The van der Waals surface area contributed by atoms with Crippen molar-refractivity contribution >= 4 is 16.8 Å². The molecule has 0 saturated heterocycles. The minimum atomic E-state index is -4.43. The predicted octanol–water partition coefficient (Wildman–Crippen LogP) is 4.23. The molecule has 1 amide bonds. The van der Waals surface area contributed by atoms with Gasteiger partial charge in [0.25, 0.3) is 0 Å². The van der Waals surface area contributed by atoms with Crippen LogP contribution in [0.1, 0.15) is 27.6 Å². The highest BCUT2D eigenvalue weighted by molar-refractivity contribution is 5.88. The second kappa shape index (κ2) is 6.54. The summed E-state index contributed by atoms with van der Waals surface area (Å²) < 4.78 is 67.2. The summed E-state index contributed by atoms with van der Waals surface area (Å²) in [7, 11) is 1.74. The number of ether oxygens (including phenoxy) is 1. The van der Waals surface area contributed by atoms with Gasteiger partial charge in [0, 0.05) is 35.6 Å². The van der Waals surface area contributed by atoms with Crippen molar-refractivity contribution in [3.63, 3.8) is 0 Å². The molecule has 0 spiro atoms. The number of aromatic nitrogens is 2. The van der Waals surface area contributed by atoms with Crippen LogP contribution in [0.15, 0.2) is 42.6 Å². The molecule has 0 radical (unpaired) electrons. The Morgan fingerprint density at radius 3 is 2.71 bits per heavy atom. The van der Waals surface area contributed by atoms with Crippen molar-refractivity contribution in [3.05, 3.63) is 53.7 Å². The Morgan fingerprint density at radius 2 is 2.04 bits per heavy atom. The van der Waals surface area contributed by atoms with Crippen LogP contribution in [0.5, 0.6) is 11.5 Å². The third kappa shape index (κ3) is 3.42. The largest absolute Gasteiger partial charge is 0.457 e. The normalized spacial score (nSPS) is 20.9. The first-order valence-electron chi connectivity index (χ1n) is 10.1. The molecule has 1 heterocycles. The van der Waals surface area contributed by atoms with E-state index in [9.17, 15) is 18.0 Å². The number of hydrogen-bond acceptors (Lipinski definition) is 3. The van der Waals surface area contributed by atoms with E-state index in [1.807, 2.05) is 5.32 Å². The van der Waals surface area contributed by atoms with Crippen LogP contribution in [0, 0.1) is 5.92 Å². The van der Waals surface area contributed by atoms with E-state index in [-0.39, 0.29) is 11.7 Å². The second-order valence-corrected chi connectivity index (χ2v) is 6.82. The maximum Gasteiger partial charge on any atom is 0.416 e. The lowest BCUT2D eigenvalue weighted by molar-refractivity contribution is -0.137. The van der Waals surface area contributed by atoms with Gasteiger partial charge >= 0.3 is 6.18 Å². The van der Waals surface area contributed by atoms with E-state index < -0.39 is 30.5 Å². The highest BCUT2D eigenvalue weighted by Crippen LogP contribution is 2.50. The van der Waals surface area contributed by atoms with Crippen LogP contribution < -0.4 is 10.1 Å². The number of fused-ring (bicyclic) bond motifs is 1. The maximum atomic E-state index is 12.8. The van der Waals surface area contributed by atoms with Crippen molar-refractivity contribution in [1.29, 1.82) is 0 Å². The number of alkyl halides is 3. The Bertz CT molecular complexity index is 1140. The fourth-order valence-corrected chi connectivity index (χ4v) is 3.36. The van der Waals surface area contributed by atoms with Gasteiger partial charge in [0.2, 0.25) is 5.91 Å². The summed E-state index contributed by atoms with van der Waals surface area (Å²) in [5.74, 6) is -0.655. The highest BCUT2D eigenvalue weighted by Gasteiger charge is 2.45. The third-order valence-electron chi connectivity index (χ3n) is 4.79. The number of rotatable bonds is 4.